The van der Waals surface area contributed by atoms with Crippen molar-refractivity contribution in [3.63, 3.8) is 0 Å². The van der Waals surface area contributed by atoms with Crippen molar-refractivity contribution >= 4 is 93.9 Å². The van der Waals surface area contributed by atoms with Crippen molar-refractivity contribution in [3.05, 3.63) is 86.9 Å². The van der Waals surface area contributed by atoms with E-state index in [0.29, 0.717) is 32.0 Å². The number of halogens is 1. The fraction of sp³-hybridized carbons (Fsp3) is 0.125. The first kappa shape index (κ1) is 38.8. The van der Waals surface area contributed by atoms with Gasteiger partial charge < -0.3 is 21.5 Å². The summed E-state index contributed by atoms with van der Waals surface area (Å²) in [7, 11) is -9.34. The third-order valence-corrected chi connectivity index (χ3v) is 11.3. The first-order chi connectivity index (χ1) is 25.8. The molecule has 0 aliphatic rings. The van der Waals surface area contributed by atoms with Gasteiger partial charge >= 0.3 is 0 Å². The van der Waals surface area contributed by atoms with E-state index in [-0.39, 0.29) is 45.6 Å². The monoisotopic (exact) mass is 826 g/mol. The van der Waals surface area contributed by atoms with E-state index in [9.17, 15) is 40.6 Å². The van der Waals surface area contributed by atoms with Crippen LogP contribution in [0.2, 0.25) is 5.28 Å². The minimum atomic E-state index is -4.86. The molecule has 3 aromatic carbocycles. The summed E-state index contributed by atoms with van der Waals surface area (Å²) in [5.41, 5.74) is 5.32. The molecular formula is C32H27ClN10O9S3. The summed E-state index contributed by atoms with van der Waals surface area (Å²) in [6.45, 7) is 4.34. The molecule has 0 aliphatic carbocycles. The highest BCUT2D eigenvalue weighted by atomic mass is 35.5. The predicted molar refractivity (Wildman–Crippen MR) is 203 cm³/mol. The summed E-state index contributed by atoms with van der Waals surface area (Å²) in [4.78, 5) is 40.8. The largest absolute Gasteiger partial charge is 0.493 e. The number of aryl methyl sites for hydroxylation is 1. The Morgan fingerprint density at radius 1 is 0.909 bits per heavy atom. The van der Waals surface area contributed by atoms with Gasteiger partial charge in [0.25, 0.3) is 31.7 Å². The molecule has 1 amide bonds. The Kier molecular flexibility index (Phi) is 10.4. The van der Waals surface area contributed by atoms with Gasteiger partial charge in [-0.1, -0.05) is 6.07 Å². The number of nitrogens with two attached hydrogens (primary N) is 1. The SMILES string of the molecule is CCn1c(O)c(N=Nc2cc(Nc3nc(Cl)nc(Nc4ccc(-c5nc6ccc(C)c(S(=O)(=O)O)c6s5)cc4)n3)ccc2S(=O)(=O)O)c(C)c(C(N)=O)c1=O. The average molecular weight is 827 g/mol. The molecule has 0 bridgehead atoms. The zero-order valence-electron chi connectivity index (χ0n) is 28.5. The number of hydrogen-bond donors (Lipinski definition) is 6. The first-order valence-corrected chi connectivity index (χ1v) is 19.7. The van der Waals surface area contributed by atoms with Gasteiger partial charge in [0, 0.05) is 29.0 Å². The Morgan fingerprint density at radius 3 is 2.15 bits per heavy atom. The van der Waals surface area contributed by atoms with Gasteiger partial charge in [0.15, 0.2) is 0 Å². The topological polar surface area (TPSA) is 294 Å². The summed E-state index contributed by atoms with van der Waals surface area (Å²) in [6, 6.07) is 13.5. The molecule has 3 heterocycles. The van der Waals surface area contributed by atoms with Crippen LogP contribution >= 0.6 is 22.9 Å². The Labute approximate surface area is 320 Å². The van der Waals surface area contributed by atoms with E-state index in [0.717, 1.165) is 28.0 Å². The number of hydrogen-bond acceptors (Lipinski definition) is 16. The molecule has 284 valence electrons. The van der Waals surface area contributed by atoms with Crippen LogP contribution < -0.4 is 21.9 Å². The Morgan fingerprint density at radius 2 is 1.55 bits per heavy atom. The van der Waals surface area contributed by atoms with Gasteiger partial charge in [-0.3, -0.25) is 23.3 Å². The van der Waals surface area contributed by atoms with E-state index in [2.05, 4.69) is 40.8 Å². The number of aromatic hydroxyl groups is 1. The van der Waals surface area contributed by atoms with Gasteiger partial charge in [0.1, 0.15) is 31.7 Å². The van der Waals surface area contributed by atoms with Crippen LogP contribution in [0.15, 0.2) is 79.4 Å². The van der Waals surface area contributed by atoms with Gasteiger partial charge in [-0.15, -0.1) is 21.6 Å². The minimum Gasteiger partial charge on any atom is -0.493 e. The smallest absolute Gasteiger partial charge is 0.296 e. The average Bonchev–Trinajstić information content (AvgIpc) is 3.51. The highest BCUT2D eigenvalue weighted by Crippen LogP contribution is 2.37. The molecule has 0 saturated carbocycles. The van der Waals surface area contributed by atoms with E-state index in [1.807, 2.05) is 0 Å². The van der Waals surface area contributed by atoms with Gasteiger partial charge in [-0.05, 0) is 86.5 Å². The van der Waals surface area contributed by atoms with Crippen molar-refractivity contribution < 1.29 is 35.8 Å². The summed E-state index contributed by atoms with van der Waals surface area (Å²) < 4.78 is 69.3. The lowest BCUT2D eigenvalue weighted by molar-refractivity contribution is 0.0997. The molecule has 19 nitrogen and oxygen atoms in total. The summed E-state index contributed by atoms with van der Waals surface area (Å²) in [6.07, 6.45) is 0. The van der Waals surface area contributed by atoms with Crippen molar-refractivity contribution in [1.29, 1.82) is 0 Å². The number of benzene rings is 3. The van der Waals surface area contributed by atoms with E-state index in [4.69, 9.17) is 17.3 Å². The quantitative estimate of drug-likeness (QED) is 0.0664. The van der Waals surface area contributed by atoms with Crippen LogP contribution in [0.25, 0.3) is 20.8 Å². The number of thiazole rings is 1. The molecule has 0 saturated heterocycles. The second-order valence-electron chi connectivity index (χ2n) is 11.6. The van der Waals surface area contributed by atoms with Crippen LogP contribution in [0, 0.1) is 13.8 Å². The summed E-state index contributed by atoms with van der Waals surface area (Å²) in [5, 5.41) is 24.6. The number of amides is 1. The van der Waals surface area contributed by atoms with Crippen LogP contribution in [0.5, 0.6) is 5.88 Å². The number of nitrogens with one attached hydrogen (secondary N) is 2. The molecule has 3 aromatic heterocycles. The van der Waals surface area contributed by atoms with Gasteiger partial charge in [0.2, 0.25) is 23.1 Å². The highest BCUT2D eigenvalue weighted by molar-refractivity contribution is 7.86. The lowest BCUT2D eigenvalue weighted by Gasteiger charge is -2.13. The predicted octanol–water partition coefficient (Wildman–Crippen LogP) is 5.80. The number of primary amides is 1. The Balaban J connectivity index is 1.27. The van der Waals surface area contributed by atoms with Crippen LogP contribution in [0.3, 0.4) is 0 Å². The molecule has 55 heavy (non-hydrogen) atoms. The number of carbonyl (C=O) groups is 1. The molecule has 6 aromatic rings. The number of nitrogens with zero attached hydrogens (tertiary/aromatic N) is 7. The van der Waals surface area contributed by atoms with Crippen molar-refractivity contribution in [2.75, 3.05) is 10.6 Å². The third-order valence-electron chi connectivity index (χ3n) is 7.93. The van der Waals surface area contributed by atoms with Crippen LogP contribution in [-0.4, -0.2) is 61.5 Å². The number of azo groups is 1. The molecule has 0 fully saturated rings. The first-order valence-electron chi connectivity index (χ1n) is 15.6. The second kappa shape index (κ2) is 14.7. The maximum atomic E-state index is 12.7. The van der Waals surface area contributed by atoms with Crippen molar-refractivity contribution in [3.8, 4) is 16.5 Å². The molecule has 6 rings (SSSR count). The maximum absolute atomic E-state index is 12.7. The second-order valence-corrected chi connectivity index (χ2v) is 15.7. The number of rotatable bonds is 11. The molecule has 0 spiro atoms. The molecule has 0 atom stereocenters. The van der Waals surface area contributed by atoms with Crippen LogP contribution in [0.4, 0.5) is 34.6 Å². The molecule has 0 aliphatic heterocycles. The van der Waals surface area contributed by atoms with E-state index >= 15 is 0 Å². The van der Waals surface area contributed by atoms with Gasteiger partial charge in [0.05, 0.1) is 10.2 Å². The van der Waals surface area contributed by atoms with E-state index in [1.54, 1.807) is 43.3 Å². The fourth-order valence-electron chi connectivity index (χ4n) is 5.43. The molecular weight excluding hydrogens is 800 g/mol. The summed E-state index contributed by atoms with van der Waals surface area (Å²) >= 11 is 7.29. The molecule has 0 radical (unpaired) electrons. The standard InChI is InChI=1S/C32H27ClN10O9S3/c1-4-43-28(45)22(26(34)44)15(3)23(29(43)46)42-41-20-13-18(10-12-21(20)54(47,48)49)36-32-39-30(33)38-31(40-32)35-17-8-6-16(7-9-17)27-37-19-11-5-14(2)25(24(19)53-27)55(50,51)52/h5-13,46H,4H2,1-3H3,(H2,34,44)(H,47,48,49)(H,50,51,52)(H2,35,36,38,39,40). The number of fused-ring (bicyclic) bond motifs is 1. The number of anilines is 4. The van der Waals surface area contributed by atoms with Crippen molar-refractivity contribution in [1.82, 2.24) is 24.5 Å². The Bertz CT molecular complexity index is 2860. The van der Waals surface area contributed by atoms with Crippen molar-refractivity contribution in [2.24, 2.45) is 16.0 Å². The third kappa shape index (κ3) is 7.99. The van der Waals surface area contributed by atoms with Crippen molar-refractivity contribution in [2.45, 2.75) is 37.1 Å². The minimum absolute atomic E-state index is 0.000211. The van der Waals surface area contributed by atoms with Gasteiger partial charge in [-0.2, -0.15) is 31.8 Å². The summed E-state index contributed by atoms with van der Waals surface area (Å²) in [5.74, 6) is -1.83. The van der Waals surface area contributed by atoms with Crippen LogP contribution in [0.1, 0.15) is 28.4 Å². The molecule has 0 unspecified atom stereocenters. The van der Waals surface area contributed by atoms with E-state index in [1.165, 1.54) is 19.9 Å². The molecule has 23 heteroatoms. The lowest BCUT2D eigenvalue weighted by atomic mass is 10.1. The Hall–Kier alpha value is -5.91. The van der Waals surface area contributed by atoms with Crippen LogP contribution in [-0.2, 0) is 26.8 Å². The zero-order chi connectivity index (χ0) is 40.0. The van der Waals surface area contributed by atoms with Gasteiger partial charge in [-0.25, -0.2) is 4.98 Å². The fourth-order valence-corrected chi connectivity index (χ4v) is 8.51. The highest BCUT2D eigenvalue weighted by Gasteiger charge is 2.24. The normalized spacial score (nSPS) is 12.0. The maximum Gasteiger partial charge on any atom is 0.296 e. The van der Waals surface area contributed by atoms with E-state index < -0.39 is 53.7 Å². The number of aromatic nitrogens is 5. The lowest BCUT2D eigenvalue weighted by Crippen LogP contribution is -2.30. The number of pyridine rings is 1. The zero-order valence-corrected chi connectivity index (χ0v) is 31.7. The molecule has 7 N–H and O–H groups in total. The number of carbonyl (C=O) groups excluding carboxylic acids is 1.